The smallest absolute Gasteiger partial charge is 0.0738 e. The van der Waals surface area contributed by atoms with Crippen molar-refractivity contribution >= 4 is 47.8 Å². The predicted molar refractivity (Wildman–Crippen MR) is 90.0 cm³/mol. The van der Waals surface area contributed by atoms with E-state index in [1.807, 2.05) is 18.7 Å². The van der Waals surface area contributed by atoms with Crippen LogP contribution < -0.4 is 0 Å². The van der Waals surface area contributed by atoms with Crippen LogP contribution in [0.15, 0.2) is 33.2 Å². The van der Waals surface area contributed by atoms with E-state index >= 15 is 0 Å². The molecule has 0 saturated carbocycles. The van der Waals surface area contributed by atoms with E-state index in [-0.39, 0.29) is 0 Å². The molecule has 0 radical (unpaired) electrons. The van der Waals surface area contributed by atoms with Gasteiger partial charge in [0.1, 0.15) is 0 Å². The van der Waals surface area contributed by atoms with Crippen LogP contribution in [0.5, 0.6) is 0 Å². The highest BCUT2D eigenvalue weighted by molar-refractivity contribution is 9.11. The Morgan fingerprint density at radius 2 is 1.84 bits per heavy atom. The summed E-state index contributed by atoms with van der Waals surface area (Å²) in [5, 5.41) is 5.39. The van der Waals surface area contributed by atoms with E-state index in [1.165, 1.54) is 11.3 Å². The normalized spacial score (nSPS) is 12.7. The van der Waals surface area contributed by atoms with Crippen LogP contribution in [0.1, 0.15) is 22.9 Å². The van der Waals surface area contributed by atoms with Gasteiger partial charge in [-0.1, -0.05) is 44.0 Å². The van der Waals surface area contributed by atoms with Gasteiger partial charge in [0.2, 0.25) is 0 Å². The maximum atomic E-state index is 4.45. The molecule has 1 heterocycles. The maximum Gasteiger partial charge on any atom is 0.0738 e. The van der Waals surface area contributed by atoms with Crippen molar-refractivity contribution in [3.05, 3.63) is 50.2 Å². The van der Waals surface area contributed by atoms with Crippen molar-refractivity contribution in [2.45, 2.75) is 19.3 Å². The number of hydrogen-bond acceptors (Lipinski definition) is 1. The number of aryl methyl sites for hydroxylation is 2. The highest BCUT2D eigenvalue weighted by Gasteiger charge is 2.17. The Kier molecular flexibility index (Phi) is 5.26. The summed E-state index contributed by atoms with van der Waals surface area (Å²) in [6.45, 7) is 2.02. The first-order chi connectivity index (χ1) is 9.02. The lowest BCUT2D eigenvalue weighted by molar-refractivity contribution is 0.659. The molecule has 102 valence electrons. The molecule has 2 aromatic rings. The Balaban J connectivity index is 2.26. The van der Waals surface area contributed by atoms with E-state index < -0.39 is 0 Å². The Morgan fingerprint density at radius 1 is 1.21 bits per heavy atom. The summed E-state index contributed by atoms with van der Waals surface area (Å²) in [4.78, 5) is 0. The minimum absolute atomic E-state index is 0.444. The van der Waals surface area contributed by atoms with Crippen molar-refractivity contribution in [2.75, 3.05) is 5.33 Å². The summed E-state index contributed by atoms with van der Waals surface area (Å²) in [6, 6.07) is 8.53. The molecule has 0 aliphatic heterocycles. The van der Waals surface area contributed by atoms with E-state index in [1.54, 1.807) is 0 Å². The van der Waals surface area contributed by atoms with Crippen LogP contribution in [0.25, 0.3) is 0 Å². The zero-order chi connectivity index (χ0) is 14.0. The fourth-order valence-electron chi connectivity index (χ4n) is 2.13. The third-order valence-electron chi connectivity index (χ3n) is 3.23. The van der Waals surface area contributed by atoms with Crippen molar-refractivity contribution < 1.29 is 0 Å². The lowest BCUT2D eigenvalue weighted by Crippen LogP contribution is -2.08. The summed E-state index contributed by atoms with van der Waals surface area (Å²) in [7, 11) is 2.00. The number of halogens is 3. The van der Waals surface area contributed by atoms with Gasteiger partial charge in [-0.3, -0.25) is 4.68 Å². The molecule has 1 unspecified atom stereocenters. The molecule has 0 bridgehead atoms. The summed E-state index contributed by atoms with van der Waals surface area (Å²) in [6.07, 6.45) is 0.963. The molecule has 0 aliphatic rings. The lowest BCUT2D eigenvalue weighted by atomic mass is 9.96. The van der Waals surface area contributed by atoms with E-state index in [9.17, 15) is 0 Å². The topological polar surface area (TPSA) is 17.8 Å². The molecule has 0 fully saturated rings. The fourth-order valence-corrected chi connectivity index (χ4v) is 3.50. The quantitative estimate of drug-likeness (QED) is 0.601. The number of nitrogens with zero attached hydrogens (tertiary/aromatic N) is 2. The van der Waals surface area contributed by atoms with E-state index in [0.29, 0.717) is 5.92 Å². The third kappa shape index (κ3) is 3.50. The molecule has 0 amide bonds. The monoisotopic (exact) mass is 448 g/mol. The second-order valence-electron chi connectivity index (χ2n) is 4.58. The number of alkyl halides is 1. The van der Waals surface area contributed by atoms with Gasteiger partial charge in [0.05, 0.1) is 15.9 Å². The summed E-state index contributed by atoms with van der Waals surface area (Å²) < 4.78 is 4.20. The molecule has 2 rings (SSSR count). The molecule has 1 aromatic heterocycles. The second kappa shape index (κ2) is 6.55. The molecule has 5 heteroatoms. The van der Waals surface area contributed by atoms with E-state index in [0.717, 1.165) is 26.4 Å². The maximum absolute atomic E-state index is 4.45. The van der Waals surface area contributed by atoms with Crippen molar-refractivity contribution in [1.82, 2.24) is 9.78 Å². The average Bonchev–Trinajstić information content (AvgIpc) is 2.63. The van der Waals surface area contributed by atoms with E-state index in [4.69, 9.17) is 0 Å². The van der Waals surface area contributed by atoms with Gasteiger partial charge in [-0.2, -0.15) is 5.10 Å². The highest BCUT2D eigenvalue weighted by Crippen LogP contribution is 2.29. The first kappa shape index (κ1) is 15.3. The Labute approximate surface area is 139 Å². The number of rotatable bonds is 4. The van der Waals surface area contributed by atoms with Gasteiger partial charge in [-0.05, 0) is 52.9 Å². The minimum Gasteiger partial charge on any atom is -0.271 e. The zero-order valence-corrected chi connectivity index (χ0v) is 15.6. The van der Waals surface area contributed by atoms with Crippen molar-refractivity contribution in [1.29, 1.82) is 0 Å². The summed E-state index contributed by atoms with van der Waals surface area (Å²) in [5.41, 5.74) is 3.62. The number of aromatic nitrogens is 2. The summed E-state index contributed by atoms with van der Waals surface area (Å²) >= 11 is 10.7. The van der Waals surface area contributed by atoms with Crippen LogP contribution >= 0.6 is 47.8 Å². The molecular formula is C14H15Br3N2. The molecular weight excluding hydrogens is 436 g/mol. The predicted octanol–water partition coefficient (Wildman–Crippen LogP) is 4.97. The zero-order valence-electron chi connectivity index (χ0n) is 10.8. The first-order valence-electron chi connectivity index (χ1n) is 6.02. The molecule has 2 nitrogen and oxygen atoms in total. The van der Waals surface area contributed by atoms with Crippen molar-refractivity contribution in [3.8, 4) is 0 Å². The molecule has 0 N–H and O–H groups in total. The third-order valence-corrected chi connectivity index (χ3v) is 5.57. The van der Waals surface area contributed by atoms with Crippen molar-refractivity contribution in [3.63, 3.8) is 0 Å². The molecule has 0 saturated heterocycles. The van der Waals surface area contributed by atoms with Gasteiger partial charge >= 0.3 is 0 Å². The molecule has 0 spiro atoms. The fraction of sp³-hybridized carbons (Fsp3) is 0.357. The van der Waals surface area contributed by atoms with Crippen LogP contribution in [-0.2, 0) is 13.5 Å². The molecule has 19 heavy (non-hydrogen) atoms. The van der Waals surface area contributed by atoms with Gasteiger partial charge in [0.15, 0.2) is 0 Å². The van der Waals surface area contributed by atoms with Crippen LogP contribution in [0.3, 0.4) is 0 Å². The standard InChI is InChI=1S/C14H15Br3N2/c1-9-14(17)13(19(2)18-9)7-11(8-15)10-3-5-12(16)6-4-10/h3-6,11H,7-8H2,1-2H3. The Bertz CT molecular complexity index is 561. The van der Waals surface area contributed by atoms with Crippen LogP contribution in [0.2, 0.25) is 0 Å². The Morgan fingerprint density at radius 3 is 2.32 bits per heavy atom. The van der Waals surface area contributed by atoms with Crippen LogP contribution in [0, 0.1) is 6.92 Å². The second-order valence-corrected chi connectivity index (χ2v) is 6.93. The van der Waals surface area contributed by atoms with Gasteiger partial charge in [-0.15, -0.1) is 0 Å². The first-order valence-corrected chi connectivity index (χ1v) is 8.73. The van der Waals surface area contributed by atoms with Crippen LogP contribution in [0.4, 0.5) is 0 Å². The number of hydrogen-bond donors (Lipinski definition) is 0. The van der Waals surface area contributed by atoms with Gasteiger partial charge < -0.3 is 0 Å². The average molecular weight is 451 g/mol. The Hall–Kier alpha value is -0.130. The van der Waals surface area contributed by atoms with Crippen LogP contribution in [-0.4, -0.2) is 15.1 Å². The molecule has 0 aliphatic carbocycles. The lowest BCUT2D eigenvalue weighted by Gasteiger charge is -2.15. The summed E-state index contributed by atoms with van der Waals surface area (Å²) in [5.74, 6) is 0.444. The van der Waals surface area contributed by atoms with Crippen molar-refractivity contribution in [2.24, 2.45) is 7.05 Å². The minimum atomic E-state index is 0.444. The van der Waals surface area contributed by atoms with Gasteiger partial charge in [0.25, 0.3) is 0 Å². The number of benzene rings is 1. The highest BCUT2D eigenvalue weighted by atomic mass is 79.9. The van der Waals surface area contributed by atoms with Gasteiger partial charge in [-0.25, -0.2) is 0 Å². The van der Waals surface area contributed by atoms with Gasteiger partial charge in [0, 0.05) is 16.9 Å². The molecule has 1 atom stereocenters. The van der Waals surface area contributed by atoms with E-state index in [2.05, 4.69) is 77.2 Å². The SMILES string of the molecule is Cc1nn(C)c(CC(CBr)c2ccc(Br)cc2)c1Br. The molecule has 1 aromatic carbocycles. The largest absolute Gasteiger partial charge is 0.271 e.